The highest BCUT2D eigenvalue weighted by Crippen LogP contribution is 2.33. The molecule has 0 fully saturated rings. The number of hydrogen-bond donors (Lipinski definition) is 2. The van der Waals surface area contributed by atoms with Gasteiger partial charge >= 0.3 is 0 Å². The van der Waals surface area contributed by atoms with Crippen LogP contribution in [-0.2, 0) is 4.79 Å². The van der Waals surface area contributed by atoms with Gasteiger partial charge < -0.3 is 10.6 Å². The average Bonchev–Trinajstić information content (AvgIpc) is 2.19. The third kappa shape index (κ3) is 1.44. The molecule has 5 heteroatoms. The van der Waals surface area contributed by atoms with Crippen molar-refractivity contribution in [3.63, 3.8) is 0 Å². The number of para-hydroxylation sites is 2. The van der Waals surface area contributed by atoms with E-state index < -0.39 is 17.9 Å². The number of anilines is 2. The van der Waals surface area contributed by atoms with E-state index in [1.165, 1.54) is 6.92 Å². The van der Waals surface area contributed by atoms with Gasteiger partial charge in [-0.2, -0.15) is 0 Å². The minimum atomic E-state index is -2.76. The number of amides is 1. The lowest BCUT2D eigenvalue weighted by molar-refractivity contribution is -0.124. The molecule has 1 aliphatic heterocycles. The summed E-state index contributed by atoms with van der Waals surface area (Å²) in [5, 5.41) is 5.01. The summed E-state index contributed by atoms with van der Waals surface area (Å²) in [5.41, 5.74) is -0.811. The van der Waals surface area contributed by atoms with Gasteiger partial charge in [0.05, 0.1) is 11.4 Å². The lowest BCUT2D eigenvalue weighted by atomic mass is 9.98. The van der Waals surface area contributed by atoms with Gasteiger partial charge in [0.2, 0.25) is 0 Å². The zero-order valence-corrected chi connectivity index (χ0v) is 8.05. The third-order valence-corrected chi connectivity index (χ3v) is 2.48. The molecule has 0 saturated heterocycles. The first-order valence-corrected chi connectivity index (χ1v) is 4.51. The van der Waals surface area contributed by atoms with Crippen LogP contribution in [0.25, 0.3) is 0 Å². The average molecular weight is 212 g/mol. The molecule has 1 aromatic rings. The van der Waals surface area contributed by atoms with Crippen LogP contribution in [0.1, 0.15) is 6.92 Å². The van der Waals surface area contributed by atoms with Gasteiger partial charge in [-0.25, -0.2) is 8.78 Å². The Kier molecular flexibility index (Phi) is 2.10. The van der Waals surface area contributed by atoms with Crippen LogP contribution in [0.15, 0.2) is 24.3 Å². The second-order valence-corrected chi connectivity index (χ2v) is 3.63. The normalized spacial score (nSPS) is 24.4. The maximum absolute atomic E-state index is 12.7. The Morgan fingerprint density at radius 3 is 2.47 bits per heavy atom. The lowest BCUT2D eigenvalue weighted by Crippen LogP contribution is -2.55. The second kappa shape index (κ2) is 3.18. The summed E-state index contributed by atoms with van der Waals surface area (Å²) in [6, 6.07) is 6.75. The molecule has 1 unspecified atom stereocenters. The van der Waals surface area contributed by atoms with E-state index in [1.54, 1.807) is 24.3 Å². The number of nitrogens with one attached hydrogen (secondary N) is 2. The van der Waals surface area contributed by atoms with Gasteiger partial charge in [0.1, 0.15) is 0 Å². The smallest absolute Gasteiger partial charge is 0.269 e. The quantitative estimate of drug-likeness (QED) is 0.748. The van der Waals surface area contributed by atoms with E-state index in [-0.39, 0.29) is 0 Å². The molecule has 0 spiro atoms. The minimum absolute atomic E-state index is 0.514. The maximum Gasteiger partial charge on any atom is 0.269 e. The molecule has 1 amide bonds. The minimum Gasteiger partial charge on any atom is -0.365 e. The summed E-state index contributed by atoms with van der Waals surface area (Å²) in [7, 11) is 0. The van der Waals surface area contributed by atoms with Crippen molar-refractivity contribution in [1.29, 1.82) is 0 Å². The summed E-state index contributed by atoms with van der Waals surface area (Å²) in [6.07, 6.45) is -2.76. The van der Waals surface area contributed by atoms with E-state index in [0.29, 0.717) is 11.4 Å². The Labute approximate surface area is 85.5 Å². The van der Waals surface area contributed by atoms with Gasteiger partial charge in [0.15, 0.2) is 5.54 Å². The van der Waals surface area contributed by atoms with Gasteiger partial charge in [-0.05, 0) is 19.1 Å². The topological polar surface area (TPSA) is 41.1 Å². The number of hydrogen-bond acceptors (Lipinski definition) is 2. The molecule has 0 aliphatic carbocycles. The summed E-state index contributed by atoms with van der Waals surface area (Å²) >= 11 is 0. The molecule has 2 N–H and O–H groups in total. The van der Waals surface area contributed by atoms with Crippen molar-refractivity contribution in [3.05, 3.63) is 24.3 Å². The molecule has 80 valence electrons. The summed E-state index contributed by atoms with van der Waals surface area (Å²) < 4.78 is 25.5. The monoisotopic (exact) mass is 212 g/mol. The molecule has 15 heavy (non-hydrogen) atoms. The van der Waals surface area contributed by atoms with Crippen LogP contribution < -0.4 is 10.6 Å². The van der Waals surface area contributed by atoms with Crippen LogP contribution >= 0.6 is 0 Å². The highest BCUT2D eigenvalue weighted by atomic mass is 19.3. The summed E-state index contributed by atoms with van der Waals surface area (Å²) in [6.45, 7) is 1.18. The molecule has 0 saturated carbocycles. The van der Waals surface area contributed by atoms with Gasteiger partial charge in [0.25, 0.3) is 12.3 Å². The predicted molar refractivity (Wildman–Crippen MR) is 53.1 cm³/mol. The first-order chi connectivity index (χ1) is 7.04. The highest BCUT2D eigenvalue weighted by molar-refractivity contribution is 6.06. The van der Waals surface area contributed by atoms with Crippen LogP contribution in [0.4, 0.5) is 20.2 Å². The first kappa shape index (κ1) is 9.89. The fraction of sp³-hybridized carbons (Fsp3) is 0.300. The Bertz CT molecular complexity index is 408. The van der Waals surface area contributed by atoms with Crippen LogP contribution in [0, 0.1) is 0 Å². The first-order valence-electron chi connectivity index (χ1n) is 4.51. The maximum atomic E-state index is 12.7. The van der Waals surface area contributed by atoms with E-state index >= 15 is 0 Å². The molecular formula is C10H10F2N2O. The molecule has 0 bridgehead atoms. The highest BCUT2D eigenvalue weighted by Gasteiger charge is 2.45. The molecule has 2 rings (SSSR count). The van der Waals surface area contributed by atoms with Gasteiger partial charge in [-0.15, -0.1) is 0 Å². The van der Waals surface area contributed by atoms with Crippen LogP contribution in [0.2, 0.25) is 0 Å². The summed E-state index contributed by atoms with van der Waals surface area (Å²) in [5.74, 6) is -0.712. The molecule has 1 aliphatic rings. The molecule has 1 aromatic carbocycles. The summed E-state index contributed by atoms with van der Waals surface area (Å²) in [4.78, 5) is 11.5. The predicted octanol–water partition coefficient (Wildman–Crippen LogP) is 2.07. The van der Waals surface area contributed by atoms with Gasteiger partial charge in [-0.1, -0.05) is 12.1 Å². The molecule has 0 radical (unpaired) electrons. The van der Waals surface area contributed by atoms with Crippen molar-refractivity contribution in [1.82, 2.24) is 0 Å². The van der Waals surface area contributed by atoms with Crippen molar-refractivity contribution in [3.8, 4) is 0 Å². The second-order valence-electron chi connectivity index (χ2n) is 3.63. The standard InChI is InChI=1S/C10H10F2N2O/c1-10(8(11)12)9(15)13-6-4-2-3-5-7(6)14-10/h2-5,8,14H,1H3,(H,13,15). The Morgan fingerprint density at radius 2 is 1.87 bits per heavy atom. The number of rotatable bonds is 1. The van der Waals surface area contributed by atoms with Crippen molar-refractivity contribution >= 4 is 17.3 Å². The molecule has 1 heterocycles. The number of carbonyl (C=O) groups is 1. The zero-order valence-electron chi connectivity index (χ0n) is 8.05. The van der Waals surface area contributed by atoms with Crippen LogP contribution in [0.5, 0.6) is 0 Å². The lowest BCUT2D eigenvalue weighted by Gasteiger charge is -2.34. The SMILES string of the molecule is CC1(C(F)F)Nc2ccccc2NC1=O. The van der Waals surface area contributed by atoms with Crippen molar-refractivity contribution in [2.45, 2.75) is 18.9 Å². The molecule has 3 nitrogen and oxygen atoms in total. The number of halogens is 2. The third-order valence-electron chi connectivity index (χ3n) is 2.48. The number of fused-ring (bicyclic) bond motifs is 1. The van der Waals surface area contributed by atoms with E-state index in [0.717, 1.165) is 0 Å². The van der Waals surface area contributed by atoms with Crippen LogP contribution in [-0.4, -0.2) is 17.9 Å². The van der Waals surface area contributed by atoms with E-state index in [1.807, 2.05) is 0 Å². The van der Waals surface area contributed by atoms with E-state index in [9.17, 15) is 13.6 Å². The molecule has 0 aromatic heterocycles. The van der Waals surface area contributed by atoms with E-state index in [2.05, 4.69) is 10.6 Å². The van der Waals surface area contributed by atoms with Crippen LogP contribution in [0.3, 0.4) is 0 Å². The van der Waals surface area contributed by atoms with Crippen molar-refractivity contribution in [2.75, 3.05) is 10.6 Å². The van der Waals surface area contributed by atoms with Crippen molar-refractivity contribution in [2.24, 2.45) is 0 Å². The number of carbonyl (C=O) groups excluding carboxylic acids is 1. The van der Waals surface area contributed by atoms with Gasteiger partial charge in [0, 0.05) is 0 Å². The Morgan fingerprint density at radius 1 is 1.27 bits per heavy atom. The molecule has 1 atom stereocenters. The van der Waals surface area contributed by atoms with Crippen molar-refractivity contribution < 1.29 is 13.6 Å². The Hall–Kier alpha value is -1.65. The van der Waals surface area contributed by atoms with Gasteiger partial charge in [-0.3, -0.25) is 4.79 Å². The number of alkyl halides is 2. The Balaban J connectivity index is 2.42. The largest absolute Gasteiger partial charge is 0.365 e. The number of benzene rings is 1. The molecular weight excluding hydrogens is 202 g/mol. The van der Waals surface area contributed by atoms with E-state index in [4.69, 9.17) is 0 Å². The zero-order chi connectivity index (χ0) is 11.1. The fourth-order valence-electron chi connectivity index (χ4n) is 1.44. The fourth-order valence-corrected chi connectivity index (χ4v) is 1.44.